The number of aryl methyl sites for hydroxylation is 1. The van der Waals surface area contributed by atoms with Crippen molar-refractivity contribution in [3.8, 4) is 0 Å². The van der Waals surface area contributed by atoms with E-state index in [9.17, 15) is 4.79 Å². The number of tetrazole rings is 1. The predicted molar refractivity (Wildman–Crippen MR) is 50.8 cm³/mol. The van der Waals surface area contributed by atoms with Crippen molar-refractivity contribution in [3.05, 3.63) is 6.33 Å². The summed E-state index contributed by atoms with van der Waals surface area (Å²) in [5, 5.41) is 19.8. The van der Waals surface area contributed by atoms with Gasteiger partial charge in [0.25, 0.3) is 0 Å². The topological polar surface area (TPSA) is 80.9 Å². The molecule has 1 saturated carbocycles. The van der Waals surface area contributed by atoms with Crippen LogP contribution in [0.2, 0.25) is 0 Å². The van der Waals surface area contributed by atoms with Gasteiger partial charge >= 0.3 is 5.97 Å². The number of carbonyl (C=O) groups is 1. The second-order valence-electron chi connectivity index (χ2n) is 4.61. The van der Waals surface area contributed by atoms with Crippen LogP contribution in [0.5, 0.6) is 0 Å². The minimum atomic E-state index is -0.693. The Kier molecular flexibility index (Phi) is 2.21. The number of hydrogen-bond donors (Lipinski definition) is 1. The van der Waals surface area contributed by atoms with E-state index in [1.54, 1.807) is 11.0 Å². The Morgan fingerprint density at radius 2 is 2.33 bits per heavy atom. The molecule has 6 heteroatoms. The van der Waals surface area contributed by atoms with Gasteiger partial charge in [0.05, 0.1) is 5.92 Å². The van der Waals surface area contributed by atoms with Crippen LogP contribution in [0.3, 0.4) is 0 Å². The van der Waals surface area contributed by atoms with Gasteiger partial charge < -0.3 is 5.11 Å². The van der Waals surface area contributed by atoms with Crippen molar-refractivity contribution in [2.45, 2.75) is 26.8 Å². The maximum absolute atomic E-state index is 10.9. The zero-order valence-corrected chi connectivity index (χ0v) is 8.79. The first-order valence-corrected chi connectivity index (χ1v) is 4.97. The Balaban J connectivity index is 1.90. The van der Waals surface area contributed by atoms with E-state index in [0.717, 1.165) is 6.42 Å². The molecule has 1 heterocycles. The fraction of sp³-hybridized carbons (Fsp3) is 0.778. The molecule has 6 nitrogen and oxygen atoms in total. The summed E-state index contributed by atoms with van der Waals surface area (Å²) in [6.45, 7) is 4.68. The Labute approximate surface area is 87.3 Å². The summed E-state index contributed by atoms with van der Waals surface area (Å²) in [5.74, 6) is -0.671. The molecule has 1 aliphatic carbocycles. The van der Waals surface area contributed by atoms with Crippen molar-refractivity contribution < 1.29 is 9.90 Å². The molecule has 0 unspecified atom stereocenters. The van der Waals surface area contributed by atoms with Crippen molar-refractivity contribution in [1.29, 1.82) is 0 Å². The van der Waals surface area contributed by atoms with Crippen LogP contribution in [0.15, 0.2) is 6.33 Å². The second-order valence-corrected chi connectivity index (χ2v) is 4.61. The van der Waals surface area contributed by atoms with Crippen LogP contribution in [-0.4, -0.2) is 31.3 Å². The smallest absolute Gasteiger partial charge is 0.307 e. The largest absolute Gasteiger partial charge is 0.481 e. The maximum Gasteiger partial charge on any atom is 0.307 e. The van der Waals surface area contributed by atoms with E-state index in [4.69, 9.17) is 5.11 Å². The van der Waals surface area contributed by atoms with Crippen molar-refractivity contribution in [2.24, 2.45) is 17.3 Å². The van der Waals surface area contributed by atoms with Gasteiger partial charge in [-0.1, -0.05) is 13.8 Å². The molecule has 1 N–H and O–H groups in total. The molecule has 0 spiro atoms. The van der Waals surface area contributed by atoms with Crippen LogP contribution in [0.25, 0.3) is 0 Å². The van der Waals surface area contributed by atoms with E-state index < -0.39 is 5.97 Å². The fourth-order valence-electron chi connectivity index (χ4n) is 2.33. The molecule has 1 aliphatic rings. The summed E-state index contributed by atoms with van der Waals surface area (Å²) in [6.07, 6.45) is 2.36. The molecule has 0 amide bonds. The quantitative estimate of drug-likeness (QED) is 0.778. The van der Waals surface area contributed by atoms with Gasteiger partial charge in [-0.25, -0.2) is 4.68 Å². The van der Waals surface area contributed by atoms with E-state index in [1.807, 2.05) is 13.8 Å². The number of hydrogen-bond acceptors (Lipinski definition) is 4. The molecule has 0 aromatic carbocycles. The highest BCUT2D eigenvalue weighted by Gasteiger charge is 2.61. The van der Waals surface area contributed by atoms with Crippen LogP contribution in [0.1, 0.15) is 20.3 Å². The van der Waals surface area contributed by atoms with Gasteiger partial charge in [-0.2, -0.15) is 0 Å². The number of rotatable bonds is 4. The first-order chi connectivity index (χ1) is 7.03. The summed E-state index contributed by atoms with van der Waals surface area (Å²) < 4.78 is 1.63. The van der Waals surface area contributed by atoms with Gasteiger partial charge in [0.1, 0.15) is 6.33 Å². The molecule has 0 aliphatic heterocycles. The lowest BCUT2D eigenvalue weighted by Crippen LogP contribution is -2.04. The highest BCUT2D eigenvalue weighted by atomic mass is 16.4. The molecule has 0 bridgehead atoms. The number of carboxylic acid groups (broad SMARTS) is 1. The van der Waals surface area contributed by atoms with E-state index in [-0.39, 0.29) is 17.3 Å². The molecule has 0 saturated heterocycles. The number of nitrogens with zero attached hydrogens (tertiary/aromatic N) is 4. The van der Waals surface area contributed by atoms with Crippen LogP contribution >= 0.6 is 0 Å². The normalized spacial score (nSPS) is 27.6. The van der Waals surface area contributed by atoms with Crippen molar-refractivity contribution in [1.82, 2.24) is 20.2 Å². The summed E-state index contributed by atoms with van der Waals surface area (Å²) in [7, 11) is 0. The maximum atomic E-state index is 10.9. The summed E-state index contributed by atoms with van der Waals surface area (Å²) in [4.78, 5) is 10.9. The Hall–Kier alpha value is -1.46. The standard InChI is InChI=1S/C9H14N4O2/c1-9(2)6(7(9)8(14)15)3-4-13-5-10-11-12-13/h5-7H,3-4H2,1-2H3,(H,14,15)/t6-,7+/m1/s1. The highest BCUT2D eigenvalue weighted by Crippen LogP contribution is 2.60. The summed E-state index contributed by atoms with van der Waals surface area (Å²) in [5.41, 5.74) is -0.0835. The minimum absolute atomic E-state index is 0.0835. The first-order valence-electron chi connectivity index (χ1n) is 4.97. The average molecular weight is 210 g/mol. The Morgan fingerprint density at radius 3 is 2.80 bits per heavy atom. The van der Waals surface area contributed by atoms with Crippen LogP contribution in [0.4, 0.5) is 0 Å². The summed E-state index contributed by atoms with van der Waals surface area (Å²) in [6, 6.07) is 0. The van der Waals surface area contributed by atoms with E-state index in [1.165, 1.54) is 0 Å². The van der Waals surface area contributed by atoms with E-state index in [2.05, 4.69) is 15.5 Å². The van der Waals surface area contributed by atoms with Crippen molar-refractivity contribution in [3.63, 3.8) is 0 Å². The molecule has 15 heavy (non-hydrogen) atoms. The molecule has 2 atom stereocenters. The first kappa shape index (κ1) is 10.1. The summed E-state index contributed by atoms with van der Waals surface area (Å²) >= 11 is 0. The van der Waals surface area contributed by atoms with E-state index >= 15 is 0 Å². The van der Waals surface area contributed by atoms with Crippen LogP contribution in [-0.2, 0) is 11.3 Å². The van der Waals surface area contributed by atoms with E-state index in [0.29, 0.717) is 6.54 Å². The van der Waals surface area contributed by atoms with Gasteiger partial charge in [-0.3, -0.25) is 4.79 Å². The number of aliphatic carboxylic acids is 1. The molecule has 1 aromatic heterocycles. The minimum Gasteiger partial charge on any atom is -0.481 e. The lowest BCUT2D eigenvalue weighted by Gasteiger charge is -2.01. The zero-order valence-electron chi connectivity index (χ0n) is 8.79. The molecular weight excluding hydrogens is 196 g/mol. The molecule has 1 fully saturated rings. The Bertz CT molecular complexity index is 360. The predicted octanol–water partition coefficient (Wildman–Crippen LogP) is 0.420. The lowest BCUT2D eigenvalue weighted by molar-refractivity contribution is -0.139. The third-order valence-corrected chi connectivity index (χ3v) is 3.38. The molecular formula is C9H14N4O2. The van der Waals surface area contributed by atoms with Crippen molar-refractivity contribution >= 4 is 5.97 Å². The van der Waals surface area contributed by atoms with Crippen LogP contribution in [0, 0.1) is 17.3 Å². The fourth-order valence-corrected chi connectivity index (χ4v) is 2.33. The van der Waals surface area contributed by atoms with Gasteiger partial charge in [-0.05, 0) is 28.2 Å². The van der Waals surface area contributed by atoms with Gasteiger partial charge in [0, 0.05) is 6.54 Å². The lowest BCUT2D eigenvalue weighted by atomic mass is 10.1. The monoisotopic (exact) mass is 210 g/mol. The number of carboxylic acids is 1. The van der Waals surface area contributed by atoms with Gasteiger partial charge in [-0.15, -0.1) is 5.10 Å². The average Bonchev–Trinajstić information content (AvgIpc) is 2.55. The molecule has 1 aromatic rings. The van der Waals surface area contributed by atoms with Gasteiger partial charge in [0.15, 0.2) is 0 Å². The van der Waals surface area contributed by atoms with Gasteiger partial charge in [0.2, 0.25) is 0 Å². The highest BCUT2D eigenvalue weighted by molar-refractivity contribution is 5.75. The SMILES string of the molecule is CC1(C)[C@H](CCn2cnnn2)[C@H]1C(=O)O. The molecule has 2 rings (SSSR count). The zero-order chi connectivity index (χ0) is 11.1. The molecule has 0 radical (unpaired) electrons. The third-order valence-electron chi connectivity index (χ3n) is 3.38. The number of aromatic nitrogens is 4. The third kappa shape index (κ3) is 1.71. The second kappa shape index (κ2) is 3.29. The van der Waals surface area contributed by atoms with Crippen LogP contribution < -0.4 is 0 Å². The van der Waals surface area contributed by atoms with Crippen molar-refractivity contribution in [2.75, 3.05) is 0 Å². The Morgan fingerprint density at radius 1 is 1.60 bits per heavy atom. The molecule has 82 valence electrons.